The SMILES string of the molecule is CN(CCS(=O)(=O)O)c1ccc(N)cc1N. The van der Waals surface area contributed by atoms with Gasteiger partial charge in [0.25, 0.3) is 10.1 Å². The lowest BCUT2D eigenvalue weighted by molar-refractivity contribution is 0.483. The number of nitrogens with two attached hydrogens (primary N) is 2. The lowest BCUT2D eigenvalue weighted by atomic mass is 10.2. The Labute approximate surface area is 94.6 Å². The van der Waals surface area contributed by atoms with Crippen molar-refractivity contribution in [3.8, 4) is 0 Å². The van der Waals surface area contributed by atoms with Gasteiger partial charge in [0.05, 0.1) is 17.1 Å². The van der Waals surface area contributed by atoms with Gasteiger partial charge in [-0.1, -0.05) is 0 Å². The summed E-state index contributed by atoms with van der Waals surface area (Å²) in [5, 5.41) is 0. The largest absolute Gasteiger partial charge is 0.399 e. The summed E-state index contributed by atoms with van der Waals surface area (Å²) in [6.45, 7) is 0.160. The molecule has 0 aliphatic heterocycles. The predicted molar refractivity (Wildman–Crippen MR) is 65.0 cm³/mol. The molecule has 0 aromatic heterocycles. The number of nitrogens with zero attached hydrogens (tertiary/aromatic N) is 1. The average molecular weight is 245 g/mol. The van der Waals surface area contributed by atoms with Crippen LogP contribution in [-0.2, 0) is 10.1 Å². The van der Waals surface area contributed by atoms with Crippen molar-refractivity contribution in [2.24, 2.45) is 0 Å². The minimum absolute atomic E-state index is 0.160. The minimum Gasteiger partial charge on any atom is -0.399 e. The fraction of sp³-hybridized carbons (Fsp3) is 0.333. The van der Waals surface area contributed by atoms with Gasteiger partial charge in [0.1, 0.15) is 0 Å². The Hall–Kier alpha value is -1.47. The van der Waals surface area contributed by atoms with Gasteiger partial charge in [-0.2, -0.15) is 8.42 Å². The van der Waals surface area contributed by atoms with E-state index in [1.807, 2.05) is 0 Å². The average Bonchev–Trinajstić information content (AvgIpc) is 2.13. The Bertz CT molecular complexity index is 473. The zero-order valence-electron chi connectivity index (χ0n) is 8.92. The second kappa shape index (κ2) is 4.58. The quantitative estimate of drug-likeness (QED) is 0.515. The van der Waals surface area contributed by atoms with Crippen molar-refractivity contribution >= 4 is 27.2 Å². The van der Waals surface area contributed by atoms with Crippen molar-refractivity contribution in [1.29, 1.82) is 0 Å². The zero-order valence-corrected chi connectivity index (χ0v) is 9.74. The van der Waals surface area contributed by atoms with E-state index < -0.39 is 10.1 Å². The summed E-state index contributed by atoms with van der Waals surface area (Å²) in [6.07, 6.45) is 0. The van der Waals surface area contributed by atoms with Gasteiger partial charge in [0, 0.05) is 19.3 Å². The van der Waals surface area contributed by atoms with E-state index in [9.17, 15) is 8.42 Å². The molecule has 5 N–H and O–H groups in total. The van der Waals surface area contributed by atoms with E-state index in [4.69, 9.17) is 16.0 Å². The maximum absolute atomic E-state index is 10.6. The summed E-state index contributed by atoms with van der Waals surface area (Å²) in [4.78, 5) is 1.64. The van der Waals surface area contributed by atoms with E-state index in [1.165, 1.54) is 0 Å². The molecule has 0 saturated carbocycles. The van der Waals surface area contributed by atoms with Crippen molar-refractivity contribution in [1.82, 2.24) is 0 Å². The first kappa shape index (κ1) is 12.6. The highest BCUT2D eigenvalue weighted by molar-refractivity contribution is 7.85. The summed E-state index contributed by atoms with van der Waals surface area (Å²) in [5.41, 5.74) is 13.0. The highest BCUT2D eigenvalue weighted by Gasteiger charge is 2.10. The Morgan fingerprint density at radius 3 is 2.50 bits per heavy atom. The van der Waals surface area contributed by atoms with Crippen LogP contribution < -0.4 is 16.4 Å². The topological polar surface area (TPSA) is 110 Å². The molecule has 1 aromatic rings. The van der Waals surface area contributed by atoms with Crippen LogP contribution in [0.4, 0.5) is 17.1 Å². The molecule has 0 atom stereocenters. The molecule has 1 aromatic carbocycles. The highest BCUT2D eigenvalue weighted by Crippen LogP contribution is 2.24. The summed E-state index contributed by atoms with van der Waals surface area (Å²) in [5.74, 6) is -0.340. The van der Waals surface area contributed by atoms with Crippen molar-refractivity contribution < 1.29 is 13.0 Å². The van der Waals surface area contributed by atoms with Crippen molar-refractivity contribution in [2.75, 3.05) is 35.7 Å². The number of anilines is 3. The van der Waals surface area contributed by atoms with Crippen LogP contribution in [-0.4, -0.2) is 32.3 Å². The van der Waals surface area contributed by atoms with E-state index >= 15 is 0 Å². The van der Waals surface area contributed by atoms with Crippen LogP contribution in [0.3, 0.4) is 0 Å². The van der Waals surface area contributed by atoms with Gasteiger partial charge < -0.3 is 16.4 Å². The smallest absolute Gasteiger partial charge is 0.266 e. The first-order chi connectivity index (χ1) is 7.29. The summed E-state index contributed by atoms with van der Waals surface area (Å²) in [6, 6.07) is 4.98. The normalized spacial score (nSPS) is 11.4. The minimum atomic E-state index is -3.96. The third-order valence-corrected chi connectivity index (χ3v) is 2.85. The van der Waals surface area contributed by atoms with Crippen LogP contribution in [0, 0.1) is 0 Å². The van der Waals surface area contributed by atoms with Crippen LogP contribution in [0.25, 0.3) is 0 Å². The maximum Gasteiger partial charge on any atom is 0.266 e. The van der Waals surface area contributed by atoms with Gasteiger partial charge in [-0.25, -0.2) is 0 Å². The molecule has 16 heavy (non-hydrogen) atoms. The van der Waals surface area contributed by atoms with E-state index in [1.54, 1.807) is 30.1 Å². The lowest BCUT2D eigenvalue weighted by Gasteiger charge is -2.20. The van der Waals surface area contributed by atoms with Crippen molar-refractivity contribution in [3.05, 3.63) is 18.2 Å². The standard InChI is InChI=1S/C9H15N3O3S/c1-12(4-5-16(13,14)15)9-3-2-7(10)6-8(9)11/h2-3,6H,4-5,10-11H2,1H3,(H,13,14,15). The molecule has 0 unspecified atom stereocenters. The van der Waals surface area contributed by atoms with Gasteiger partial charge in [-0.05, 0) is 18.2 Å². The highest BCUT2D eigenvalue weighted by atomic mass is 32.2. The van der Waals surface area contributed by atoms with E-state index in [0.717, 1.165) is 0 Å². The van der Waals surface area contributed by atoms with Crippen LogP contribution in [0.2, 0.25) is 0 Å². The number of benzene rings is 1. The number of hydrogen-bond acceptors (Lipinski definition) is 5. The van der Waals surface area contributed by atoms with E-state index in [-0.39, 0.29) is 12.3 Å². The molecule has 0 amide bonds. The van der Waals surface area contributed by atoms with Crippen LogP contribution in [0.1, 0.15) is 0 Å². The predicted octanol–water partition coefficient (Wildman–Crippen LogP) is 0.175. The molecule has 6 nitrogen and oxygen atoms in total. The molecule has 0 aliphatic rings. The van der Waals surface area contributed by atoms with E-state index in [2.05, 4.69) is 0 Å². The van der Waals surface area contributed by atoms with Gasteiger partial charge in [-0.15, -0.1) is 0 Å². The van der Waals surface area contributed by atoms with Gasteiger partial charge in [0.15, 0.2) is 0 Å². The van der Waals surface area contributed by atoms with Crippen LogP contribution >= 0.6 is 0 Å². The second-order valence-corrected chi connectivity index (χ2v) is 5.10. The number of nitrogen functional groups attached to an aromatic ring is 2. The lowest BCUT2D eigenvalue weighted by Crippen LogP contribution is -2.25. The fourth-order valence-electron chi connectivity index (χ4n) is 1.29. The summed E-state index contributed by atoms with van der Waals surface area (Å²) in [7, 11) is -2.27. The molecule has 90 valence electrons. The molecule has 0 fully saturated rings. The van der Waals surface area contributed by atoms with Crippen LogP contribution in [0.15, 0.2) is 18.2 Å². The Morgan fingerprint density at radius 2 is 2.00 bits per heavy atom. The van der Waals surface area contributed by atoms with E-state index in [0.29, 0.717) is 17.1 Å². The first-order valence-electron chi connectivity index (χ1n) is 4.61. The Morgan fingerprint density at radius 1 is 1.38 bits per heavy atom. The third kappa shape index (κ3) is 3.59. The molecule has 0 radical (unpaired) electrons. The Balaban J connectivity index is 2.77. The first-order valence-corrected chi connectivity index (χ1v) is 6.22. The fourth-order valence-corrected chi connectivity index (χ4v) is 1.80. The molecule has 1 rings (SSSR count). The molecule has 0 bridgehead atoms. The molecule has 7 heteroatoms. The second-order valence-electron chi connectivity index (χ2n) is 3.53. The molecule has 0 aliphatic carbocycles. The molecule has 0 spiro atoms. The summed E-state index contributed by atoms with van der Waals surface area (Å²) >= 11 is 0. The van der Waals surface area contributed by atoms with Crippen molar-refractivity contribution in [3.63, 3.8) is 0 Å². The molecular formula is C9H15N3O3S. The monoisotopic (exact) mass is 245 g/mol. The number of rotatable bonds is 4. The molecule has 0 saturated heterocycles. The molecular weight excluding hydrogens is 230 g/mol. The Kier molecular flexibility index (Phi) is 3.61. The zero-order chi connectivity index (χ0) is 12.3. The van der Waals surface area contributed by atoms with Gasteiger partial charge in [-0.3, -0.25) is 4.55 Å². The maximum atomic E-state index is 10.6. The van der Waals surface area contributed by atoms with Crippen molar-refractivity contribution in [2.45, 2.75) is 0 Å². The number of hydrogen-bond donors (Lipinski definition) is 3. The van der Waals surface area contributed by atoms with Gasteiger partial charge >= 0.3 is 0 Å². The third-order valence-electron chi connectivity index (χ3n) is 2.15. The van der Waals surface area contributed by atoms with Crippen LogP contribution in [0.5, 0.6) is 0 Å². The van der Waals surface area contributed by atoms with Gasteiger partial charge in [0.2, 0.25) is 0 Å². The summed E-state index contributed by atoms with van der Waals surface area (Å²) < 4.78 is 29.8. The molecule has 0 heterocycles.